The predicted molar refractivity (Wildman–Crippen MR) is 116 cm³/mol. The van der Waals surface area contributed by atoms with Crippen LogP contribution in [0, 0.1) is 0 Å². The maximum atomic E-state index is 12.1. The monoisotopic (exact) mass is 460 g/mol. The predicted octanol–water partition coefficient (Wildman–Crippen LogP) is 2.50. The highest BCUT2D eigenvalue weighted by molar-refractivity contribution is 7.89. The van der Waals surface area contributed by atoms with Crippen molar-refractivity contribution < 1.29 is 27.9 Å². The van der Waals surface area contributed by atoms with Crippen molar-refractivity contribution in [2.24, 2.45) is 0 Å². The van der Waals surface area contributed by atoms with Crippen LogP contribution in [0.3, 0.4) is 0 Å². The van der Waals surface area contributed by atoms with Gasteiger partial charge in [0.2, 0.25) is 15.9 Å². The molecule has 0 aliphatic carbocycles. The van der Waals surface area contributed by atoms with E-state index in [0.29, 0.717) is 25.9 Å². The fourth-order valence-corrected chi connectivity index (χ4v) is 4.83. The lowest BCUT2D eigenvalue weighted by atomic mass is 10.0. The van der Waals surface area contributed by atoms with Gasteiger partial charge >= 0.3 is 0 Å². The van der Waals surface area contributed by atoms with Gasteiger partial charge in [-0.1, -0.05) is 26.2 Å². The average Bonchev–Trinajstić information content (AvgIpc) is 3.30. The Balaban J connectivity index is 2.00. The Labute approximate surface area is 182 Å². The van der Waals surface area contributed by atoms with Gasteiger partial charge in [0.05, 0.1) is 36.0 Å². The molecule has 0 bridgehead atoms. The summed E-state index contributed by atoms with van der Waals surface area (Å²) in [6.07, 6.45) is 6.42. The van der Waals surface area contributed by atoms with Crippen LogP contribution in [0.4, 0.5) is 0 Å². The van der Waals surface area contributed by atoms with Crippen molar-refractivity contribution >= 4 is 33.2 Å². The second-order valence-electron chi connectivity index (χ2n) is 7.76. The highest BCUT2D eigenvalue weighted by Crippen LogP contribution is 2.31. The van der Waals surface area contributed by atoms with E-state index in [1.54, 1.807) is 12.1 Å². The number of unbranched alkanes of at least 4 members (excludes halogenated alkanes) is 2. The molecule has 0 saturated carbocycles. The number of thiophene rings is 1. The first-order valence-corrected chi connectivity index (χ1v) is 13.1. The van der Waals surface area contributed by atoms with Gasteiger partial charge in [0.15, 0.2) is 0 Å². The molecule has 1 fully saturated rings. The van der Waals surface area contributed by atoms with E-state index in [2.05, 4.69) is 12.2 Å². The zero-order valence-corrected chi connectivity index (χ0v) is 19.2. The van der Waals surface area contributed by atoms with E-state index in [1.165, 1.54) is 11.3 Å². The quantitative estimate of drug-likeness (QED) is 0.389. The number of carbonyl (C=O) groups excluding carboxylic acids is 2. The molecule has 0 radical (unpaired) electrons. The van der Waals surface area contributed by atoms with Gasteiger partial charge in [-0.15, -0.1) is 11.3 Å². The zero-order valence-electron chi connectivity index (χ0n) is 17.6. The molecule has 1 saturated heterocycles. The molecular formula is C20H32N2O6S2. The Hall–Kier alpha value is -1.49. The number of hydrogen-bond acceptors (Lipinski definition) is 7. The van der Waals surface area contributed by atoms with Crippen LogP contribution in [0.15, 0.2) is 12.1 Å². The summed E-state index contributed by atoms with van der Waals surface area (Å²) in [4.78, 5) is 24.6. The molecule has 1 aromatic heterocycles. The lowest BCUT2D eigenvalue weighted by molar-refractivity contribution is -0.119. The number of ether oxygens (including phenoxy) is 1. The molecule has 10 heteroatoms. The highest BCUT2D eigenvalue weighted by atomic mass is 32.2. The molecule has 3 atom stereocenters. The van der Waals surface area contributed by atoms with E-state index in [-0.39, 0.29) is 22.9 Å². The van der Waals surface area contributed by atoms with Crippen LogP contribution in [-0.2, 0) is 19.6 Å². The van der Waals surface area contributed by atoms with Crippen molar-refractivity contribution in [3.8, 4) is 0 Å². The van der Waals surface area contributed by atoms with Gasteiger partial charge in [0.1, 0.15) is 0 Å². The van der Waals surface area contributed by atoms with Crippen LogP contribution < -0.4 is 10.0 Å². The fourth-order valence-electron chi connectivity index (χ4n) is 3.33. The van der Waals surface area contributed by atoms with E-state index < -0.39 is 22.0 Å². The Morgan fingerprint density at radius 3 is 2.73 bits per heavy atom. The maximum Gasteiger partial charge on any atom is 0.274 e. The Morgan fingerprint density at radius 2 is 2.10 bits per heavy atom. The van der Waals surface area contributed by atoms with Gasteiger partial charge in [-0.3, -0.25) is 9.59 Å². The smallest absolute Gasteiger partial charge is 0.274 e. The molecule has 1 aliphatic rings. The first-order valence-electron chi connectivity index (χ1n) is 10.4. The second kappa shape index (κ2) is 11.8. The van der Waals surface area contributed by atoms with E-state index in [9.17, 15) is 23.1 Å². The number of carbonyl (C=O) groups is 2. The van der Waals surface area contributed by atoms with E-state index >= 15 is 0 Å². The minimum absolute atomic E-state index is 0.0161. The zero-order chi connectivity index (χ0) is 22.1. The van der Waals surface area contributed by atoms with Crippen molar-refractivity contribution in [1.29, 1.82) is 0 Å². The van der Waals surface area contributed by atoms with E-state index in [0.717, 1.165) is 43.2 Å². The molecule has 170 valence electrons. The summed E-state index contributed by atoms with van der Waals surface area (Å²) in [6, 6.07) is 3.29. The largest absolute Gasteiger partial charge is 0.393 e. The summed E-state index contributed by atoms with van der Waals surface area (Å²) in [7, 11) is -3.64. The summed E-state index contributed by atoms with van der Waals surface area (Å²) in [5.41, 5.74) is 0. The molecule has 1 aromatic rings. The van der Waals surface area contributed by atoms with Crippen molar-refractivity contribution in [2.75, 3.05) is 12.9 Å². The van der Waals surface area contributed by atoms with Crippen LogP contribution >= 0.6 is 11.3 Å². The van der Waals surface area contributed by atoms with E-state index in [1.807, 2.05) is 4.72 Å². The standard InChI is InChI=1S/C20H32N2O6S2/c1-3-4-5-6-15(23)8-9-16(28-13-14-7-12-19(24)21-14)17-10-11-18(29-17)20(25)22-30(2,26)27/h10-11,14-16,23H,3-9,12-13H2,1-2H3,(H,21,24)(H,22,25)/t14?,15-,16+/m0/s1. The van der Waals surface area contributed by atoms with Gasteiger partial charge in [-0.25, -0.2) is 13.1 Å². The summed E-state index contributed by atoms with van der Waals surface area (Å²) in [5.74, 6) is -0.655. The number of sulfonamides is 1. The number of aliphatic hydroxyl groups is 1. The van der Waals surface area contributed by atoms with E-state index in [4.69, 9.17) is 4.74 Å². The Kier molecular flexibility index (Phi) is 9.73. The normalized spacial score (nSPS) is 18.8. The van der Waals surface area contributed by atoms with Crippen LogP contribution in [-0.4, -0.2) is 50.3 Å². The van der Waals surface area contributed by atoms with Crippen LogP contribution in [0.5, 0.6) is 0 Å². The Bertz CT molecular complexity index is 808. The maximum absolute atomic E-state index is 12.1. The van der Waals surface area contributed by atoms with Crippen LogP contribution in [0.2, 0.25) is 0 Å². The third kappa shape index (κ3) is 8.71. The minimum Gasteiger partial charge on any atom is -0.393 e. The molecule has 0 spiro atoms. The van der Waals surface area contributed by atoms with Gasteiger partial charge < -0.3 is 15.2 Å². The number of aliphatic hydroxyl groups excluding tert-OH is 1. The first-order chi connectivity index (χ1) is 14.2. The third-order valence-corrected chi connectivity index (χ3v) is 6.66. The number of rotatable bonds is 13. The molecule has 8 nitrogen and oxygen atoms in total. The molecule has 1 aliphatic heterocycles. The lowest BCUT2D eigenvalue weighted by Gasteiger charge is -2.21. The molecule has 2 heterocycles. The molecular weight excluding hydrogens is 428 g/mol. The average molecular weight is 461 g/mol. The summed E-state index contributed by atoms with van der Waals surface area (Å²) in [5, 5.41) is 13.1. The van der Waals surface area contributed by atoms with Gasteiger partial charge in [-0.05, 0) is 37.8 Å². The fraction of sp³-hybridized carbons (Fsp3) is 0.700. The van der Waals surface area contributed by atoms with Crippen molar-refractivity contribution in [3.63, 3.8) is 0 Å². The van der Waals surface area contributed by atoms with Crippen LogP contribution in [0.25, 0.3) is 0 Å². The van der Waals surface area contributed by atoms with Crippen LogP contribution in [0.1, 0.15) is 78.9 Å². The van der Waals surface area contributed by atoms with Crippen molar-refractivity contribution in [2.45, 2.75) is 76.5 Å². The molecule has 2 amide bonds. The minimum atomic E-state index is -3.64. The molecule has 3 N–H and O–H groups in total. The van der Waals surface area contributed by atoms with Gasteiger partial charge in [-0.2, -0.15) is 0 Å². The summed E-state index contributed by atoms with van der Waals surface area (Å²) in [6.45, 7) is 2.47. The van der Waals surface area contributed by atoms with Gasteiger partial charge in [0.25, 0.3) is 5.91 Å². The Morgan fingerprint density at radius 1 is 1.33 bits per heavy atom. The molecule has 30 heavy (non-hydrogen) atoms. The summed E-state index contributed by atoms with van der Waals surface area (Å²) >= 11 is 1.18. The van der Waals surface area contributed by atoms with Gasteiger partial charge in [0, 0.05) is 11.3 Å². The third-order valence-electron chi connectivity index (χ3n) is 4.93. The molecule has 2 rings (SSSR count). The molecule has 0 aromatic carbocycles. The topological polar surface area (TPSA) is 122 Å². The number of nitrogens with one attached hydrogen (secondary N) is 2. The first kappa shape index (κ1) is 24.8. The number of amides is 2. The second-order valence-corrected chi connectivity index (χ2v) is 10.6. The van der Waals surface area contributed by atoms with Crippen molar-refractivity contribution in [3.05, 3.63) is 21.9 Å². The SMILES string of the molecule is CCCCC[C@H](O)CC[C@@H](OCC1CCC(=O)N1)c1ccc(C(=O)NS(C)(=O)=O)s1. The lowest BCUT2D eigenvalue weighted by Crippen LogP contribution is -2.30. The highest BCUT2D eigenvalue weighted by Gasteiger charge is 2.24. The molecule has 1 unspecified atom stereocenters. The van der Waals surface area contributed by atoms with Crippen molar-refractivity contribution in [1.82, 2.24) is 10.0 Å². The number of hydrogen-bond donors (Lipinski definition) is 3. The summed E-state index contributed by atoms with van der Waals surface area (Å²) < 4.78 is 30.6.